The van der Waals surface area contributed by atoms with Gasteiger partial charge in [-0.1, -0.05) is 18.2 Å². The van der Waals surface area contributed by atoms with E-state index in [0.29, 0.717) is 16.7 Å². The summed E-state index contributed by atoms with van der Waals surface area (Å²) in [5, 5.41) is 2.94. The van der Waals surface area contributed by atoms with Crippen LogP contribution in [0.1, 0.15) is 21.5 Å². The number of carbonyl (C=O) groups excluding carboxylic acids is 1. The molecule has 0 saturated carbocycles. The molecule has 1 aromatic heterocycles. The van der Waals surface area contributed by atoms with Crippen molar-refractivity contribution >= 4 is 28.6 Å². The summed E-state index contributed by atoms with van der Waals surface area (Å²) in [5.41, 5.74) is 5.90. The molecule has 4 aromatic rings. The van der Waals surface area contributed by atoms with E-state index in [2.05, 4.69) is 10.3 Å². The number of nitrogens with one attached hydrogen (secondary N) is 1. The summed E-state index contributed by atoms with van der Waals surface area (Å²) in [6.07, 6.45) is -4.54. The van der Waals surface area contributed by atoms with Gasteiger partial charge in [-0.05, 0) is 42.0 Å². The lowest BCUT2D eigenvalue weighted by Gasteiger charge is -2.16. The normalized spacial score (nSPS) is 11.5. The molecule has 0 aliphatic rings. The smallest absolute Gasteiger partial charge is 0.416 e. The number of hydrogen-bond donors (Lipinski definition) is 2. The zero-order valence-corrected chi connectivity index (χ0v) is 17.3. The van der Waals surface area contributed by atoms with Gasteiger partial charge in [-0.25, -0.2) is 9.37 Å². The van der Waals surface area contributed by atoms with Crippen molar-refractivity contribution in [1.29, 1.82) is 0 Å². The van der Waals surface area contributed by atoms with Crippen LogP contribution in [0, 0.1) is 5.82 Å². The van der Waals surface area contributed by atoms with E-state index in [0.717, 1.165) is 6.07 Å². The fourth-order valence-corrected chi connectivity index (χ4v) is 3.52. The number of benzene rings is 3. The van der Waals surface area contributed by atoms with E-state index < -0.39 is 23.5 Å². The maximum atomic E-state index is 14.2. The summed E-state index contributed by atoms with van der Waals surface area (Å²) in [6.45, 7) is -0.178. The van der Waals surface area contributed by atoms with Crippen molar-refractivity contribution in [2.24, 2.45) is 5.73 Å². The molecule has 0 aliphatic heterocycles. The van der Waals surface area contributed by atoms with Crippen molar-refractivity contribution in [1.82, 2.24) is 9.55 Å². The van der Waals surface area contributed by atoms with Gasteiger partial charge in [0.05, 0.1) is 30.3 Å². The van der Waals surface area contributed by atoms with Crippen LogP contribution in [0.4, 0.5) is 29.2 Å². The second-order valence-corrected chi connectivity index (χ2v) is 7.22. The first-order valence-corrected chi connectivity index (χ1v) is 9.73. The van der Waals surface area contributed by atoms with Crippen LogP contribution in [-0.4, -0.2) is 22.6 Å². The summed E-state index contributed by atoms with van der Waals surface area (Å²) in [6, 6.07) is 13.8. The highest BCUT2D eigenvalue weighted by Gasteiger charge is 2.33. The number of methoxy groups -OCH3 is 1. The van der Waals surface area contributed by atoms with Crippen molar-refractivity contribution in [3.05, 3.63) is 83.2 Å². The second kappa shape index (κ2) is 8.45. The van der Waals surface area contributed by atoms with Gasteiger partial charge in [0.1, 0.15) is 0 Å². The summed E-state index contributed by atoms with van der Waals surface area (Å²) in [7, 11) is 1.33. The minimum Gasteiger partial charge on any atom is -0.494 e. The lowest BCUT2D eigenvalue weighted by molar-refractivity contribution is -0.138. The topological polar surface area (TPSA) is 82.2 Å². The number of rotatable bonds is 6. The quantitative estimate of drug-likeness (QED) is 0.394. The number of anilines is 2. The van der Waals surface area contributed by atoms with Crippen LogP contribution in [-0.2, 0) is 12.7 Å². The molecule has 0 unspecified atom stereocenters. The van der Waals surface area contributed by atoms with Crippen LogP contribution in [0.2, 0.25) is 0 Å². The van der Waals surface area contributed by atoms with Gasteiger partial charge in [0.25, 0.3) is 0 Å². The van der Waals surface area contributed by atoms with Crippen molar-refractivity contribution in [3.63, 3.8) is 0 Å². The van der Waals surface area contributed by atoms with E-state index in [9.17, 15) is 22.4 Å². The first-order chi connectivity index (χ1) is 15.7. The standard InChI is InChI=1S/C23H18F4N4O2/c1-33-20-9-7-15(11-17(20)24)29-22-30-18-10-13(21(28)32)6-8-19(18)31(22)12-14-4-2-3-5-16(14)23(25,26)27/h2-11H,12H2,1H3,(H2,28,32)(H,29,30). The van der Waals surface area contributed by atoms with E-state index in [4.69, 9.17) is 10.5 Å². The third kappa shape index (κ3) is 4.45. The Morgan fingerprint density at radius 2 is 1.88 bits per heavy atom. The van der Waals surface area contributed by atoms with Crippen molar-refractivity contribution in [2.75, 3.05) is 12.4 Å². The fraction of sp³-hybridized carbons (Fsp3) is 0.130. The lowest BCUT2D eigenvalue weighted by Crippen LogP contribution is -2.13. The Balaban J connectivity index is 1.83. The SMILES string of the molecule is COc1ccc(Nc2nc3cc(C(N)=O)ccc3n2Cc2ccccc2C(F)(F)F)cc1F. The van der Waals surface area contributed by atoms with Crippen LogP contribution >= 0.6 is 0 Å². The molecule has 1 amide bonds. The molecule has 6 nitrogen and oxygen atoms in total. The lowest BCUT2D eigenvalue weighted by atomic mass is 10.1. The highest BCUT2D eigenvalue weighted by molar-refractivity contribution is 5.96. The number of fused-ring (bicyclic) bond motifs is 1. The number of aromatic nitrogens is 2. The number of primary amides is 1. The van der Waals surface area contributed by atoms with Crippen molar-refractivity contribution in [2.45, 2.75) is 12.7 Å². The van der Waals surface area contributed by atoms with E-state index >= 15 is 0 Å². The number of imidazole rings is 1. The van der Waals surface area contributed by atoms with E-state index in [1.807, 2.05) is 0 Å². The Morgan fingerprint density at radius 3 is 2.55 bits per heavy atom. The van der Waals surface area contributed by atoms with Gasteiger partial charge >= 0.3 is 6.18 Å². The second-order valence-electron chi connectivity index (χ2n) is 7.22. The van der Waals surface area contributed by atoms with Gasteiger partial charge in [-0.2, -0.15) is 13.2 Å². The number of alkyl halides is 3. The molecule has 0 atom stereocenters. The average molecular weight is 458 g/mol. The summed E-state index contributed by atoms with van der Waals surface area (Å²) in [4.78, 5) is 16.0. The van der Waals surface area contributed by atoms with Crippen LogP contribution in [0.25, 0.3) is 11.0 Å². The van der Waals surface area contributed by atoms with E-state index in [1.165, 1.54) is 54.1 Å². The molecular formula is C23H18F4N4O2. The Hall–Kier alpha value is -4.08. The molecule has 0 aliphatic carbocycles. The molecule has 0 radical (unpaired) electrons. The third-order valence-corrected chi connectivity index (χ3v) is 5.09. The van der Waals surface area contributed by atoms with E-state index in [1.54, 1.807) is 12.1 Å². The summed E-state index contributed by atoms with van der Waals surface area (Å²) < 4.78 is 61.2. The zero-order valence-electron chi connectivity index (χ0n) is 17.3. The largest absolute Gasteiger partial charge is 0.494 e. The molecule has 0 saturated heterocycles. The van der Waals surface area contributed by atoms with E-state index in [-0.39, 0.29) is 29.4 Å². The molecule has 0 fully saturated rings. The molecule has 0 bridgehead atoms. The first kappa shape index (κ1) is 22.1. The number of amides is 1. The minimum absolute atomic E-state index is 0.0206. The fourth-order valence-electron chi connectivity index (χ4n) is 3.52. The van der Waals surface area contributed by atoms with Gasteiger partial charge < -0.3 is 20.4 Å². The zero-order chi connectivity index (χ0) is 23.8. The van der Waals surface area contributed by atoms with Crippen LogP contribution in [0.3, 0.4) is 0 Å². The van der Waals surface area contributed by atoms with Gasteiger partial charge in [-0.15, -0.1) is 0 Å². The van der Waals surface area contributed by atoms with Gasteiger partial charge in [-0.3, -0.25) is 4.79 Å². The highest BCUT2D eigenvalue weighted by Crippen LogP contribution is 2.34. The number of carbonyl (C=O) groups is 1. The predicted octanol–water partition coefficient (Wildman–Crippen LogP) is 5.09. The Bertz CT molecular complexity index is 1350. The minimum atomic E-state index is -4.54. The van der Waals surface area contributed by atoms with Gasteiger partial charge in [0, 0.05) is 17.3 Å². The first-order valence-electron chi connectivity index (χ1n) is 9.73. The highest BCUT2D eigenvalue weighted by atomic mass is 19.4. The van der Waals surface area contributed by atoms with Crippen LogP contribution < -0.4 is 15.8 Å². The Morgan fingerprint density at radius 1 is 1.12 bits per heavy atom. The molecule has 3 N–H and O–H groups in total. The predicted molar refractivity (Wildman–Crippen MR) is 115 cm³/mol. The Kier molecular flexibility index (Phi) is 5.67. The van der Waals surface area contributed by atoms with Crippen molar-refractivity contribution < 1.29 is 27.1 Å². The molecule has 1 heterocycles. The molecule has 4 rings (SSSR count). The number of halogens is 4. The molecule has 10 heteroatoms. The molecular weight excluding hydrogens is 440 g/mol. The summed E-state index contributed by atoms with van der Waals surface area (Å²) in [5.74, 6) is -1.09. The number of nitrogens with two attached hydrogens (primary N) is 1. The maximum absolute atomic E-state index is 14.2. The monoisotopic (exact) mass is 458 g/mol. The van der Waals surface area contributed by atoms with Crippen LogP contribution in [0.5, 0.6) is 5.75 Å². The number of ether oxygens (including phenoxy) is 1. The maximum Gasteiger partial charge on any atom is 0.416 e. The molecule has 33 heavy (non-hydrogen) atoms. The number of nitrogens with zero attached hydrogens (tertiary/aromatic N) is 2. The van der Waals surface area contributed by atoms with Crippen LogP contribution in [0.15, 0.2) is 60.7 Å². The van der Waals surface area contributed by atoms with Crippen molar-refractivity contribution in [3.8, 4) is 5.75 Å². The molecule has 170 valence electrons. The summed E-state index contributed by atoms with van der Waals surface area (Å²) >= 11 is 0. The Labute approximate surface area is 185 Å². The molecule has 0 spiro atoms. The average Bonchev–Trinajstić information content (AvgIpc) is 3.09. The molecule has 3 aromatic carbocycles. The number of hydrogen-bond acceptors (Lipinski definition) is 4. The van der Waals surface area contributed by atoms with Gasteiger partial charge in [0.2, 0.25) is 11.9 Å². The van der Waals surface area contributed by atoms with Gasteiger partial charge in [0.15, 0.2) is 11.6 Å². The third-order valence-electron chi connectivity index (χ3n) is 5.09.